The fraction of sp³-hybridized carbons (Fsp3) is 1.00. The van der Waals surface area contributed by atoms with Crippen LogP contribution in [0.15, 0.2) is 0 Å². The minimum Gasteiger partial charge on any atom is -0.378 e. The molecule has 132 valence electrons. The first kappa shape index (κ1) is 16.4. The van der Waals surface area contributed by atoms with Gasteiger partial charge in [0.15, 0.2) is 0 Å². The van der Waals surface area contributed by atoms with Crippen LogP contribution in [0.25, 0.3) is 0 Å². The first-order chi connectivity index (χ1) is 11.1. The van der Waals surface area contributed by atoms with Crippen molar-refractivity contribution < 1.29 is 4.74 Å². The van der Waals surface area contributed by atoms with Crippen LogP contribution in [0.2, 0.25) is 0 Å². The second-order valence-electron chi connectivity index (χ2n) is 10.0. The van der Waals surface area contributed by atoms with Crippen molar-refractivity contribution in [2.45, 2.75) is 97.5 Å². The van der Waals surface area contributed by atoms with Crippen LogP contribution in [0.3, 0.4) is 0 Å². The smallest absolute Gasteiger partial charge is 0.0583 e. The Morgan fingerprint density at radius 2 is 1.83 bits per heavy atom. The summed E-state index contributed by atoms with van der Waals surface area (Å²) in [7, 11) is 0. The van der Waals surface area contributed by atoms with Crippen LogP contribution in [0.5, 0.6) is 0 Å². The Labute approximate surface area is 143 Å². The van der Waals surface area contributed by atoms with Crippen LogP contribution < -0.4 is 0 Å². The minimum atomic E-state index is 0.570. The monoisotopic (exact) mass is 318 g/mol. The van der Waals surface area contributed by atoms with Crippen molar-refractivity contribution in [3.05, 3.63) is 0 Å². The van der Waals surface area contributed by atoms with Gasteiger partial charge in [-0.05, 0) is 92.3 Å². The third kappa shape index (κ3) is 2.60. The standard InChI is InChI=1S/C22H38O/c1-4-13-23-17-14-20-18-9-8-16-7-5-6-11-22(16,3)19(18)10-12-21(20,2)15-17/h16-20H,4-15H2,1-3H3/t16-,17+,18-,19+,20+,21-,22+/m1/s1. The van der Waals surface area contributed by atoms with E-state index in [0.29, 0.717) is 16.9 Å². The Morgan fingerprint density at radius 1 is 0.957 bits per heavy atom. The molecule has 1 nitrogen and oxygen atoms in total. The molecule has 1 heteroatoms. The summed E-state index contributed by atoms with van der Waals surface area (Å²) < 4.78 is 6.22. The zero-order valence-corrected chi connectivity index (χ0v) is 15.8. The van der Waals surface area contributed by atoms with E-state index in [-0.39, 0.29) is 0 Å². The van der Waals surface area contributed by atoms with Gasteiger partial charge in [-0.15, -0.1) is 0 Å². The van der Waals surface area contributed by atoms with E-state index >= 15 is 0 Å². The van der Waals surface area contributed by atoms with Gasteiger partial charge in [0.1, 0.15) is 0 Å². The van der Waals surface area contributed by atoms with Gasteiger partial charge in [0.25, 0.3) is 0 Å². The van der Waals surface area contributed by atoms with Gasteiger partial charge in [0, 0.05) is 6.61 Å². The zero-order valence-electron chi connectivity index (χ0n) is 15.8. The molecular formula is C22H38O. The van der Waals surface area contributed by atoms with Crippen molar-refractivity contribution >= 4 is 0 Å². The van der Waals surface area contributed by atoms with Gasteiger partial charge < -0.3 is 4.74 Å². The van der Waals surface area contributed by atoms with E-state index in [1.54, 1.807) is 0 Å². The average Bonchev–Trinajstić information content (AvgIpc) is 2.89. The maximum Gasteiger partial charge on any atom is 0.0583 e. The first-order valence-electron chi connectivity index (χ1n) is 10.7. The van der Waals surface area contributed by atoms with Gasteiger partial charge in [-0.2, -0.15) is 0 Å². The molecule has 0 bridgehead atoms. The van der Waals surface area contributed by atoms with Crippen LogP contribution in [0, 0.1) is 34.5 Å². The molecule has 0 radical (unpaired) electrons. The van der Waals surface area contributed by atoms with Gasteiger partial charge in [0.2, 0.25) is 0 Å². The van der Waals surface area contributed by atoms with E-state index in [4.69, 9.17) is 4.74 Å². The molecule has 0 N–H and O–H groups in total. The number of fused-ring (bicyclic) bond motifs is 5. The fourth-order valence-corrected chi connectivity index (χ4v) is 7.70. The third-order valence-corrected chi connectivity index (χ3v) is 8.87. The minimum absolute atomic E-state index is 0.570. The molecule has 0 aliphatic heterocycles. The predicted octanol–water partition coefficient (Wildman–Crippen LogP) is 6.21. The Bertz CT molecular complexity index is 432. The Kier molecular flexibility index (Phi) is 4.32. The molecule has 4 aliphatic carbocycles. The molecule has 0 aromatic rings. The van der Waals surface area contributed by atoms with Crippen molar-refractivity contribution in [3.8, 4) is 0 Å². The van der Waals surface area contributed by atoms with Gasteiger partial charge in [-0.3, -0.25) is 0 Å². The average molecular weight is 319 g/mol. The van der Waals surface area contributed by atoms with E-state index in [2.05, 4.69) is 20.8 Å². The summed E-state index contributed by atoms with van der Waals surface area (Å²) >= 11 is 0. The highest BCUT2D eigenvalue weighted by molar-refractivity contribution is 5.08. The Hall–Kier alpha value is -0.0400. The lowest BCUT2D eigenvalue weighted by Gasteiger charge is -2.60. The molecule has 0 spiro atoms. The van der Waals surface area contributed by atoms with E-state index in [9.17, 15) is 0 Å². The first-order valence-corrected chi connectivity index (χ1v) is 10.7. The SMILES string of the molecule is CCCO[C@H]1C[C@H]2[C@@H]3CC[C@H]4CCCC[C@]4(C)[C@H]3CC[C@]2(C)C1. The summed E-state index contributed by atoms with van der Waals surface area (Å²) in [5, 5.41) is 0. The molecule has 7 atom stereocenters. The van der Waals surface area contributed by atoms with Gasteiger partial charge in [0.05, 0.1) is 6.10 Å². The van der Waals surface area contributed by atoms with Crippen molar-refractivity contribution in [2.75, 3.05) is 6.61 Å². The molecule has 4 rings (SSSR count). The topological polar surface area (TPSA) is 9.23 Å². The highest BCUT2D eigenvalue weighted by Gasteiger charge is 2.58. The maximum atomic E-state index is 6.22. The van der Waals surface area contributed by atoms with Crippen molar-refractivity contribution in [2.24, 2.45) is 34.5 Å². The van der Waals surface area contributed by atoms with Crippen LogP contribution >= 0.6 is 0 Å². The number of rotatable bonds is 3. The van der Waals surface area contributed by atoms with Crippen LogP contribution in [0.1, 0.15) is 91.4 Å². The van der Waals surface area contributed by atoms with Crippen LogP contribution in [-0.2, 0) is 4.74 Å². The lowest BCUT2D eigenvalue weighted by atomic mass is 9.45. The van der Waals surface area contributed by atoms with Gasteiger partial charge in [-0.1, -0.05) is 33.6 Å². The Morgan fingerprint density at radius 3 is 2.65 bits per heavy atom. The second-order valence-corrected chi connectivity index (χ2v) is 10.0. The molecular weight excluding hydrogens is 280 g/mol. The van der Waals surface area contributed by atoms with E-state index in [1.165, 1.54) is 70.6 Å². The van der Waals surface area contributed by atoms with E-state index in [1.807, 2.05) is 0 Å². The molecule has 4 aliphatic rings. The Balaban J connectivity index is 1.53. The summed E-state index contributed by atoms with van der Waals surface area (Å²) in [5.74, 6) is 4.06. The predicted molar refractivity (Wildman–Crippen MR) is 96.4 cm³/mol. The van der Waals surface area contributed by atoms with Gasteiger partial charge in [-0.25, -0.2) is 0 Å². The van der Waals surface area contributed by atoms with Crippen molar-refractivity contribution in [1.29, 1.82) is 0 Å². The van der Waals surface area contributed by atoms with Crippen LogP contribution in [-0.4, -0.2) is 12.7 Å². The maximum absolute atomic E-state index is 6.22. The molecule has 0 aromatic carbocycles. The largest absolute Gasteiger partial charge is 0.378 e. The number of hydrogen-bond acceptors (Lipinski definition) is 1. The molecule has 4 saturated carbocycles. The molecule has 4 fully saturated rings. The fourth-order valence-electron chi connectivity index (χ4n) is 7.70. The molecule has 23 heavy (non-hydrogen) atoms. The second kappa shape index (κ2) is 6.04. The summed E-state index contributed by atoms with van der Waals surface area (Å²) in [5.41, 5.74) is 1.28. The quantitative estimate of drug-likeness (QED) is 0.600. The lowest BCUT2D eigenvalue weighted by Crippen LogP contribution is -2.51. The molecule has 0 aromatic heterocycles. The molecule has 0 unspecified atom stereocenters. The van der Waals surface area contributed by atoms with Gasteiger partial charge >= 0.3 is 0 Å². The number of hydrogen-bond donors (Lipinski definition) is 0. The summed E-state index contributed by atoms with van der Waals surface area (Å²) in [4.78, 5) is 0. The molecule has 0 heterocycles. The number of ether oxygens (including phenoxy) is 1. The highest BCUT2D eigenvalue weighted by Crippen LogP contribution is 2.66. The summed E-state index contributed by atoms with van der Waals surface area (Å²) in [6.45, 7) is 8.51. The third-order valence-electron chi connectivity index (χ3n) is 8.87. The lowest BCUT2D eigenvalue weighted by molar-refractivity contribution is -0.103. The van der Waals surface area contributed by atoms with Crippen molar-refractivity contribution in [1.82, 2.24) is 0 Å². The zero-order chi connectivity index (χ0) is 16.1. The summed E-state index contributed by atoms with van der Waals surface area (Å²) in [6.07, 6.45) is 16.6. The van der Waals surface area contributed by atoms with E-state index < -0.39 is 0 Å². The molecule has 0 amide bonds. The van der Waals surface area contributed by atoms with E-state index in [0.717, 1.165) is 30.3 Å². The normalized spacial score (nSPS) is 52.6. The molecule has 0 saturated heterocycles. The highest BCUT2D eigenvalue weighted by atomic mass is 16.5. The van der Waals surface area contributed by atoms with Crippen LogP contribution in [0.4, 0.5) is 0 Å². The summed E-state index contributed by atoms with van der Waals surface area (Å²) in [6, 6.07) is 0. The van der Waals surface area contributed by atoms with Crippen molar-refractivity contribution in [3.63, 3.8) is 0 Å².